The third-order valence-corrected chi connectivity index (χ3v) is 4.36. The van der Waals surface area contributed by atoms with Crippen molar-refractivity contribution in [2.24, 2.45) is 0 Å². The highest BCUT2D eigenvalue weighted by Crippen LogP contribution is 2.45. The third-order valence-electron chi connectivity index (χ3n) is 2.53. The standard InChI is InChI=1S/C9H12Cl2N2O2S/c1-5(2)13-9(10)8(16(11,14)15)7(12-13)6-3-4-6/h5-6H,3-4H2,1-2H3. The Morgan fingerprint density at radius 1 is 1.44 bits per heavy atom. The smallest absolute Gasteiger partial charge is 0.250 e. The zero-order valence-corrected chi connectivity index (χ0v) is 11.3. The van der Waals surface area contributed by atoms with E-state index in [-0.39, 0.29) is 22.0 Å². The lowest BCUT2D eigenvalue weighted by atomic mass is 10.3. The lowest BCUT2D eigenvalue weighted by molar-refractivity contribution is 0.527. The van der Waals surface area contributed by atoms with Gasteiger partial charge in [0, 0.05) is 22.6 Å². The van der Waals surface area contributed by atoms with E-state index < -0.39 is 9.05 Å². The quantitative estimate of drug-likeness (QED) is 0.801. The molecule has 0 saturated heterocycles. The van der Waals surface area contributed by atoms with Crippen molar-refractivity contribution >= 4 is 31.3 Å². The fourth-order valence-corrected chi connectivity index (χ4v) is 3.57. The van der Waals surface area contributed by atoms with Gasteiger partial charge in [-0.2, -0.15) is 5.10 Å². The Morgan fingerprint density at radius 2 is 2.00 bits per heavy atom. The van der Waals surface area contributed by atoms with Crippen LogP contribution in [0, 0.1) is 0 Å². The number of hydrogen-bond acceptors (Lipinski definition) is 3. The molecule has 2 rings (SSSR count). The molecule has 0 bridgehead atoms. The number of nitrogens with zero attached hydrogens (tertiary/aromatic N) is 2. The molecule has 1 saturated carbocycles. The molecule has 0 atom stereocenters. The van der Waals surface area contributed by atoms with Gasteiger partial charge in [-0.3, -0.25) is 0 Å². The number of rotatable bonds is 3. The molecule has 1 aromatic heterocycles. The van der Waals surface area contributed by atoms with Crippen molar-refractivity contribution in [3.8, 4) is 0 Å². The predicted molar refractivity (Wildman–Crippen MR) is 62.6 cm³/mol. The van der Waals surface area contributed by atoms with Crippen LogP contribution in [-0.2, 0) is 9.05 Å². The van der Waals surface area contributed by atoms with Gasteiger partial charge >= 0.3 is 0 Å². The number of aromatic nitrogens is 2. The van der Waals surface area contributed by atoms with E-state index in [0.717, 1.165) is 12.8 Å². The first-order valence-electron chi connectivity index (χ1n) is 5.05. The third kappa shape index (κ3) is 2.08. The molecule has 0 amide bonds. The summed E-state index contributed by atoms with van der Waals surface area (Å²) in [7, 11) is 1.57. The summed E-state index contributed by atoms with van der Waals surface area (Å²) < 4.78 is 24.4. The van der Waals surface area contributed by atoms with Crippen LogP contribution in [0.2, 0.25) is 5.15 Å². The Morgan fingerprint density at radius 3 is 2.38 bits per heavy atom. The molecule has 16 heavy (non-hydrogen) atoms. The SMILES string of the molecule is CC(C)n1nc(C2CC2)c(S(=O)(=O)Cl)c1Cl. The van der Waals surface area contributed by atoms with Crippen LogP contribution < -0.4 is 0 Å². The molecule has 1 aliphatic carbocycles. The molecule has 0 radical (unpaired) electrons. The zero-order chi connectivity index (χ0) is 12.1. The fourth-order valence-electron chi connectivity index (χ4n) is 1.61. The molecule has 1 fully saturated rings. The largest absolute Gasteiger partial charge is 0.266 e. The summed E-state index contributed by atoms with van der Waals surface area (Å²) in [4.78, 5) is -0.00738. The normalized spacial score (nSPS) is 17.1. The van der Waals surface area contributed by atoms with Crippen molar-refractivity contribution in [3.63, 3.8) is 0 Å². The average Bonchev–Trinajstić information content (AvgIpc) is 2.87. The van der Waals surface area contributed by atoms with Gasteiger partial charge in [0.15, 0.2) is 0 Å². The Kier molecular flexibility index (Phi) is 2.97. The van der Waals surface area contributed by atoms with E-state index in [2.05, 4.69) is 5.10 Å². The van der Waals surface area contributed by atoms with Crippen LogP contribution in [0.5, 0.6) is 0 Å². The van der Waals surface area contributed by atoms with Gasteiger partial charge in [-0.25, -0.2) is 13.1 Å². The summed E-state index contributed by atoms with van der Waals surface area (Å²) in [6.07, 6.45) is 1.90. The van der Waals surface area contributed by atoms with Crippen molar-refractivity contribution in [2.45, 2.75) is 43.5 Å². The molecule has 0 unspecified atom stereocenters. The molecule has 0 aromatic carbocycles. The van der Waals surface area contributed by atoms with E-state index >= 15 is 0 Å². The lowest BCUT2D eigenvalue weighted by Crippen LogP contribution is -2.03. The average molecular weight is 283 g/mol. The number of hydrogen-bond donors (Lipinski definition) is 0. The van der Waals surface area contributed by atoms with Crippen LogP contribution in [0.25, 0.3) is 0 Å². The van der Waals surface area contributed by atoms with Gasteiger partial charge in [0.05, 0.1) is 5.69 Å². The second-order valence-corrected chi connectivity index (χ2v) is 7.12. The molecule has 1 aliphatic rings. The molecule has 7 heteroatoms. The van der Waals surface area contributed by atoms with Crippen LogP contribution in [0.4, 0.5) is 0 Å². The highest BCUT2D eigenvalue weighted by molar-refractivity contribution is 8.13. The summed E-state index contributed by atoms with van der Waals surface area (Å²) in [5.41, 5.74) is 0.522. The topological polar surface area (TPSA) is 52.0 Å². The molecule has 90 valence electrons. The maximum atomic E-state index is 11.5. The van der Waals surface area contributed by atoms with Crippen molar-refractivity contribution < 1.29 is 8.42 Å². The number of halogens is 2. The Labute approximate surface area is 104 Å². The van der Waals surface area contributed by atoms with E-state index in [1.54, 1.807) is 0 Å². The molecular weight excluding hydrogens is 271 g/mol. The molecule has 1 aromatic rings. The van der Waals surface area contributed by atoms with Crippen LogP contribution in [-0.4, -0.2) is 18.2 Å². The summed E-state index contributed by atoms with van der Waals surface area (Å²) in [6.45, 7) is 3.78. The fraction of sp³-hybridized carbons (Fsp3) is 0.667. The highest BCUT2D eigenvalue weighted by Gasteiger charge is 2.36. The van der Waals surface area contributed by atoms with E-state index in [1.165, 1.54) is 4.68 Å². The van der Waals surface area contributed by atoms with Gasteiger partial charge in [0.2, 0.25) is 0 Å². The molecule has 1 heterocycles. The van der Waals surface area contributed by atoms with Gasteiger partial charge in [-0.15, -0.1) is 0 Å². The van der Waals surface area contributed by atoms with E-state index in [9.17, 15) is 8.42 Å². The first kappa shape index (κ1) is 12.2. The monoisotopic (exact) mass is 282 g/mol. The molecule has 0 N–H and O–H groups in total. The molecule has 4 nitrogen and oxygen atoms in total. The Hall–Kier alpha value is -0.260. The summed E-state index contributed by atoms with van der Waals surface area (Å²) in [5, 5.41) is 4.38. The maximum Gasteiger partial charge on any atom is 0.266 e. The minimum Gasteiger partial charge on any atom is -0.250 e. The van der Waals surface area contributed by atoms with Crippen molar-refractivity contribution in [1.82, 2.24) is 9.78 Å². The van der Waals surface area contributed by atoms with Crippen molar-refractivity contribution in [3.05, 3.63) is 10.8 Å². The summed E-state index contributed by atoms with van der Waals surface area (Å²) >= 11 is 6.02. The second kappa shape index (κ2) is 3.89. The van der Waals surface area contributed by atoms with Crippen LogP contribution >= 0.6 is 22.3 Å². The minimum absolute atomic E-state index is 0.00738. The zero-order valence-electron chi connectivity index (χ0n) is 8.94. The van der Waals surface area contributed by atoms with Crippen molar-refractivity contribution in [1.29, 1.82) is 0 Å². The molecular formula is C9H12Cl2N2O2S. The Balaban J connectivity index is 2.64. The van der Waals surface area contributed by atoms with E-state index in [0.29, 0.717) is 5.69 Å². The van der Waals surface area contributed by atoms with Crippen LogP contribution in [0.3, 0.4) is 0 Å². The van der Waals surface area contributed by atoms with Gasteiger partial charge in [0.25, 0.3) is 9.05 Å². The second-order valence-electron chi connectivity index (χ2n) is 4.26. The van der Waals surface area contributed by atoms with Gasteiger partial charge in [-0.05, 0) is 26.7 Å². The predicted octanol–water partition coefficient (Wildman–Crippen LogP) is 2.92. The minimum atomic E-state index is -3.82. The van der Waals surface area contributed by atoms with Gasteiger partial charge in [0.1, 0.15) is 10.0 Å². The highest BCUT2D eigenvalue weighted by atomic mass is 35.7. The first-order chi connectivity index (χ1) is 7.32. The van der Waals surface area contributed by atoms with Crippen LogP contribution in [0.15, 0.2) is 4.90 Å². The summed E-state index contributed by atoms with van der Waals surface area (Å²) in [6, 6.07) is 0.0113. The Bertz CT molecular complexity index is 518. The van der Waals surface area contributed by atoms with Crippen LogP contribution in [0.1, 0.15) is 44.3 Å². The van der Waals surface area contributed by atoms with Gasteiger partial charge in [-0.1, -0.05) is 11.6 Å². The summed E-state index contributed by atoms with van der Waals surface area (Å²) in [5.74, 6) is 0.195. The molecule has 0 spiro atoms. The van der Waals surface area contributed by atoms with E-state index in [4.69, 9.17) is 22.3 Å². The maximum absolute atomic E-state index is 11.5. The van der Waals surface area contributed by atoms with E-state index in [1.807, 2.05) is 13.8 Å². The van der Waals surface area contributed by atoms with Crippen molar-refractivity contribution in [2.75, 3.05) is 0 Å². The van der Waals surface area contributed by atoms with Gasteiger partial charge < -0.3 is 0 Å². The molecule has 0 aliphatic heterocycles. The first-order valence-corrected chi connectivity index (χ1v) is 7.73. The lowest BCUT2D eigenvalue weighted by Gasteiger charge is -2.05.